The van der Waals surface area contributed by atoms with Crippen molar-refractivity contribution in [1.29, 1.82) is 0 Å². The maximum Gasteiger partial charge on any atom is 0.255 e. The normalized spacial score (nSPS) is 32.7. The first kappa shape index (κ1) is 15.8. The van der Waals surface area contributed by atoms with Gasteiger partial charge < -0.3 is 4.90 Å². The molecular formula is C20H27N3O. The van der Waals surface area contributed by atoms with Crippen LogP contribution in [0.25, 0.3) is 0 Å². The third-order valence-corrected chi connectivity index (χ3v) is 6.39. The molecule has 0 unspecified atom stereocenters. The fourth-order valence-corrected chi connectivity index (χ4v) is 5.02. The molecule has 1 amide bonds. The van der Waals surface area contributed by atoms with Gasteiger partial charge in [0.15, 0.2) is 0 Å². The van der Waals surface area contributed by atoms with Gasteiger partial charge in [-0.3, -0.25) is 14.7 Å². The molecule has 2 heterocycles. The lowest BCUT2D eigenvalue weighted by atomic mass is 9.85. The zero-order chi connectivity index (χ0) is 16.9. The topological polar surface area (TPSA) is 35.9 Å². The van der Waals surface area contributed by atoms with Gasteiger partial charge in [0.1, 0.15) is 11.4 Å². The second kappa shape index (κ2) is 5.69. The number of nitrogens with zero attached hydrogens (tertiary/aromatic N) is 3. The molecule has 1 aromatic rings. The predicted molar refractivity (Wildman–Crippen MR) is 95.9 cm³/mol. The molecule has 1 saturated carbocycles. The molecule has 1 saturated heterocycles. The average Bonchev–Trinajstić information content (AvgIpc) is 3.20. The van der Waals surface area contributed by atoms with E-state index in [1.165, 1.54) is 11.1 Å². The van der Waals surface area contributed by atoms with Gasteiger partial charge in [0.25, 0.3) is 5.91 Å². The van der Waals surface area contributed by atoms with E-state index in [4.69, 9.17) is 4.99 Å². The number of likely N-dealkylation sites (N-methyl/N-ethyl adjacent to an activating group) is 1. The molecule has 2 aliphatic heterocycles. The van der Waals surface area contributed by atoms with Gasteiger partial charge in [0.05, 0.1) is 0 Å². The maximum absolute atomic E-state index is 13.0. The molecular weight excluding hydrogens is 298 g/mol. The van der Waals surface area contributed by atoms with Gasteiger partial charge in [0, 0.05) is 39.0 Å². The highest BCUT2D eigenvalue weighted by atomic mass is 16.2. The molecule has 1 aliphatic carbocycles. The predicted octanol–water partition coefficient (Wildman–Crippen LogP) is 2.86. The molecule has 4 nitrogen and oxygen atoms in total. The maximum atomic E-state index is 13.0. The Morgan fingerprint density at radius 2 is 2.08 bits per heavy atom. The van der Waals surface area contributed by atoms with Crippen LogP contribution in [-0.2, 0) is 11.3 Å². The Balaban J connectivity index is 1.55. The lowest BCUT2D eigenvalue weighted by Crippen LogP contribution is -2.45. The summed E-state index contributed by atoms with van der Waals surface area (Å²) in [6.45, 7) is 7.37. The summed E-state index contributed by atoms with van der Waals surface area (Å²) in [4.78, 5) is 22.3. The Labute approximate surface area is 144 Å². The summed E-state index contributed by atoms with van der Waals surface area (Å²) in [7, 11) is 1.90. The summed E-state index contributed by atoms with van der Waals surface area (Å²) < 4.78 is 0. The van der Waals surface area contributed by atoms with E-state index in [1.807, 2.05) is 11.9 Å². The van der Waals surface area contributed by atoms with Crippen LogP contribution in [0.3, 0.4) is 0 Å². The smallest absolute Gasteiger partial charge is 0.255 e. The molecule has 0 N–H and O–H groups in total. The molecule has 0 aromatic heterocycles. The van der Waals surface area contributed by atoms with Crippen LogP contribution < -0.4 is 0 Å². The summed E-state index contributed by atoms with van der Waals surface area (Å²) in [5.41, 5.74) is 2.30. The summed E-state index contributed by atoms with van der Waals surface area (Å²) >= 11 is 0. The number of aliphatic imine (C=N–C) groups is 1. The Kier molecular flexibility index (Phi) is 3.75. The van der Waals surface area contributed by atoms with E-state index in [9.17, 15) is 4.79 Å². The first-order chi connectivity index (χ1) is 11.5. The van der Waals surface area contributed by atoms with E-state index in [1.54, 1.807) is 0 Å². The number of carbonyl (C=O) groups is 1. The number of hydrogen-bond acceptors (Lipinski definition) is 3. The number of fused-ring (bicyclic) bond motifs is 2. The minimum absolute atomic E-state index is 0.240. The van der Waals surface area contributed by atoms with Crippen LogP contribution in [0.1, 0.15) is 37.3 Å². The molecule has 1 aromatic carbocycles. The van der Waals surface area contributed by atoms with Gasteiger partial charge in [-0.1, -0.05) is 31.2 Å². The van der Waals surface area contributed by atoms with E-state index in [2.05, 4.69) is 43.0 Å². The second-order valence-corrected chi connectivity index (χ2v) is 7.70. The van der Waals surface area contributed by atoms with Crippen molar-refractivity contribution in [3.63, 3.8) is 0 Å². The quantitative estimate of drug-likeness (QED) is 0.857. The molecule has 3 atom stereocenters. The largest absolute Gasteiger partial charge is 0.302 e. The van der Waals surface area contributed by atoms with Crippen molar-refractivity contribution in [2.45, 2.75) is 45.2 Å². The minimum Gasteiger partial charge on any atom is -0.302 e. The van der Waals surface area contributed by atoms with Gasteiger partial charge in [-0.15, -0.1) is 0 Å². The van der Waals surface area contributed by atoms with Crippen LogP contribution in [0.15, 0.2) is 29.3 Å². The number of likely N-dealkylation sites (tertiary alicyclic amines) is 1. The lowest BCUT2D eigenvalue weighted by Gasteiger charge is -2.27. The third kappa shape index (κ3) is 2.23. The van der Waals surface area contributed by atoms with Crippen molar-refractivity contribution in [3.8, 4) is 0 Å². The molecule has 0 radical (unpaired) electrons. The van der Waals surface area contributed by atoms with Gasteiger partial charge in [-0.25, -0.2) is 0 Å². The van der Waals surface area contributed by atoms with Crippen molar-refractivity contribution >= 4 is 11.7 Å². The number of carbonyl (C=O) groups excluding carboxylic acids is 1. The van der Waals surface area contributed by atoms with E-state index in [0.717, 1.165) is 44.7 Å². The van der Waals surface area contributed by atoms with Gasteiger partial charge in [-0.05, 0) is 36.8 Å². The van der Waals surface area contributed by atoms with Crippen molar-refractivity contribution in [3.05, 3.63) is 35.4 Å². The van der Waals surface area contributed by atoms with Crippen molar-refractivity contribution < 1.29 is 4.79 Å². The highest BCUT2D eigenvalue weighted by Gasteiger charge is 2.60. The third-order valence-electron chi connectivity index (χ3n) is 6.39. The fraction of sp³-hybridized carbons (Fsp3) is 0.600. The SMILES string of the molecule is CCC1=N[C@]2(CC[C@H]3CN(Cc4ccccc4C)C[C@H]32)C(=O)N1C. The van der Waals surface area contributed by atoms with Gasteiger partial charge in [0.2, 0.25) is 0 Å². The standard InChI is InChI=1S/C20H27N3O/c1-4-18-21-20(19(24)22(18)3)10-9-16-12-23(13-17(16)20)11-15-8-6-5-7-14(15)2/h5-8,16-17H,4,9-13H2,1-3H3/t16-,17+,20-/m0/s1. The molecule has 24 heavy (non-hydrogen) atoms. The van der Waals surface area contributed by atoms with Crippen LogP contribution in [0, 0.1) is 18.8 Å². The van der Waals surface area contributed by atoms with Gasteiger partial charge >= 0.3 is 0 Å². The van der Waals surface area contributed by atoms with Crippen molar-refractivity contribution in [2.24, 2.45) is 16.8 Å². The van der Waals surface area contributed by atoms with E-state index in [0.29, 0.717) is 11.8 Å². The van der Waals surface area contributed by atoms with E-state index in [-0.39, 0.29) is 5.91 Å². The van der Waals surface area contributed by atoms with Crippen LogP contribution in [-0.4, -0.2) is 47.2 Å². The molecule has 0 bridgehead atoms. The number of hydrogen-bond donors (Lipinski definition) is 0. The Morgan fingerprint density at radius 3 is 2.79 bits per heavy atom. The molecule has 4 heteroatoms. The molecule has 128 valence electrons. The fourth-order valence-electron chi connectivity index (χ4n) is 5.02. The molecule has 4 rings (SSSR count). The first-order valence-corrected chi connectivity index (χ1v) is 9.19. The average molecular weight is 325 g/mol. The zero-order valence-corrected chi connectivity index (χ0v) is 15.0. The number of benzene rings is 1. The summed E-state index contributed by atoms with van der Waals surface area (Å²) in [6, 6.07) is 8.62. The minimum atomic E-state index is -0.453. The Bertz CT molecular complexity index is 698. The van der Waals surface area contributed by atoms with Crippen LogP contribution in [0.5, 0.6) is 0 Å². The summed E-state index contributed by atoms with van der Waals surface area (Å²) in [6.07, 6.45) is 2.91. The summed E-state index contributed by atoms with van der Waals surface area (Å²) in [5.74, 6) is 2.22. The van der Waals surface area contributed by atoms with E-state index >= 15 is 0 Å². The van der Waals surface area contributed by atoms with Crippen LogP contribution >= 0.6 is 0 Å². The van der Waals surface area contributed by atoms with Crippen LogP contribution in [0.2, 0.25) is 0 Å². The number of amides is 1. The lowest BCUT2D eigenvalue weighted by molar-refractivity contribution is -0.131. The zero-order valence-electron chi connectivity index (χ0n) is 15.0. The van der Waals surface area contributed by atoms with Crippen LogP contribution in [0.4, 0.5) is 0 Å². The van der Waals surface area contributed by atoms with Crippen molar-refractivity contribution in [1.82, 2.24) is 9.80 Å². The highest BCUT2D eigenvalue weighted by Crippen LogP contribution is 2.50. The van der Waals surface area contributed by atoms with E-state index < -0.39 is 5.54 Å². The monoisotopic (exact) mass is 325 g/mol. The number of rotatable bonds is 3. The highest BCUT2D eigenvalue weighted by molar-refractivity contribution is 6.08. The molecule has 2 fully saturated rings. The summed E-state index contributed by atoms with van der Waals surface area (Å²) in [5, 5.41) is 0. The van der Waals surface area contributed by atoms with Crippen molar-refractivity contribution in [2.75, 3.05) is 20.1 Å². The Morgan fingerprint density at radius 1 is 1.29 bits per heavy atom. The Hall–Kier alpha value is -1.68. The number of amidine groups is 1. The first-order valence-electron chi connectivity index (χ1n) is 9.19. The number of aryl methyl sites for hydroxylation is 1. The molecule has 3 aliphatic rings. The second-order valence-electron chi connectivity index (χ2n) is 7.70. The molecule has 1 spiro atoms. The van der Waals surface area contributed by atoms with Gasteiger partial charge in [-0.2, -0.15) is 0 Å².